The van der Waals surface area contributed by atoms with E-state index in [2.05, 4.69) is 10.3 Å². The number of nitrogens with one attached hydrogen (secondary N) is 1. The van der Waals surface area contributed by atoms with Crippen molar-refractivity contribution in [2.24, 2.45) is 0 Å². The average molecular weight is 333 g/mol. The first-order chi connectivity index (χ1) is 10.9. The molecule has 0 fully saturated rings. The third-order valence-corrected chi connectivity index (χ3v) is 4.20. The van der Waals surface area contributed by atoms with Crippen LogP contribution >= 0.6 is 11.3 Å². The summed E-state index contributed by atoms with van der Waals surface area (Å²) in [4.78, 5) is 18.1. The molecule has 0 aliphatic rings. The van der Waals surface area contributed by atoms with E-state index in [1.807, 2.05) is 31.1 Å². The summed E-state index contributed by atoms with van der Waals surface area (Å²) in [5.74, 6) is -1.77. The summed E-state index contributed by atoms with van der Waals surface area (Å²) >= 11 is 1.03. The van der Waals surface area contributed by atoms with Crippen molar-refractivity contribution >= 4 is 38.3 Å². The van der Waals surface area contributed by atoms with Gasteiger partial charge in [0.25, 0.3) is 5.91 Å². The number of hydrogen-bond donors (Lipinski definition) is 1. The summed E-state index contributed by atoms with van der Waals surface area (Å²) in [6.07, 6.45) is 0. The van der Waals surface area contributed by atoms with Crippen LogP contribution in [0.5, 0.6) is 0 Å². The van der Waals surface area contributed by atoms with Crippen LogP contribution in [0.1, 0.15) is 10.4 Å². The number of thiazole rings is 1. The molecule has 1 N–H and O–H groups in total. The molecule has 0 spiro atoms. The number of carbonyl (C=O) groups is 1. The Hall–Kier alpha value is -2.54. The maximum Gasteiger partial charge on any atom is 0.257 e. The van der Waals surface area contributed by atoms with Crippen LogP contribution in [0.4, 0.5) is 19.6 Å². The molecule has 0 bridgehead atoms. The maximum absolute atomic E-state index is 13.6. The van der Waals surface area contributed by atoms with Crippen LogP contribution in [0.15, 0.2) is 36.4 Å². The molecule has 3 rings (SSSR count). The quantitative estimate of drug-likeness (QED) is 0.791. The van der Waals surface area contributed by atoms with Crippen LogP contribution in [0, 0.1) is 11.6 Å². The minimum Gasteiger partial charge on any atom is -0.378 e. The van der Waals surface area contributed by atoms with Gasteiger partial charge in [-0.25, -0.2) is 13.8 Å². The van der Waals surface area contributed by atoms with Crippen molar-refractivity contribution in [1.29, 1.82) is 0 Å². The predicted molar refractivity (Wildman–Crippen MR) is 88.3 cm³/mol. The molecule has 3 aromatic rings. The lowest BCUT2D eigenvalue weighted by molar-refractivity contribution is 0.102. The first-order valence-electron chi connectivity index (χ1n) is 6.78. The second-order valence-electron chi connectivity index (χ2n) is 5.15. The molecule has 0 aliphatic heterocycles. The lowest BCUT2D eigenvalue weighted by Crippen LogP contribution is -2.13. The van der Waals surface area contributed by atoms with Gasteiger partial charge in [0, 0.05) is 31.4 Å². The molecule has 0 saturated heterocycles. The highest BCUT2D eigenvalue weighted by atomic mass is 32.1. The summed E-state index contributed by atoms with van der Waals surface area (Å²) in [5.41, 5.74) is 1.48. The van der Waals surface area contributed by atoms with E-state index in [1.165, 1.54) is 6.07 Å². The zero-order valence-electron chi connectivity index (χ0n) is 12.4. The SMILES string of the molecule is CN(C)c1ccc(C(=O)Nc2nc3c(F)cc(F)cc3s2)cc1. The molecule has 0 saturated carbocycles. The van der Waals surface area contributed by atoms with Crippen LogP contribution in [0.2, 0.25) is 0 Å². The van der Waals surface area contributed by atoms with Crippen LogP contribution in [0.25, 0.3) is 10.2 Å². The van der Waals surface area contributed by atoms with Crippen LogP contribution in [0.3, 0.4) is 0 Å². The second kappa shape index (κ2) is 5.92. The molecule has 1 heterocycles. The van der Waals surface area contributed by atoms with Crippen molar-refractivity contribution in [2.75, 3.05) is 24.3 Å². The molecule has 0 unspecified atom stereocenters. The van der Waals surface area contributed by atoms with Gasteiger partial charge in [-0.1, -0.05) is 11.3 Å². The smallest absolute Gasteiger partial charge is 0.257 e. The Morgan fingerprint density at radius 3 is 2.52 bits per heavy atom. The van der Waals surface area contributed by atoms with Gasteiger partial charge >= 0.3 is 0 Å². The van der Waals surface area contributed by atoms with E-state index in [0.717, 1.165) is 23.1 Å². The largest absolute Gasteiger partial charge is 0.378 e. The molecule has 1 aromatic heterocycles. The van der Waals surface area contributed by atoms with Gasteiger partial charge in [-0.2, -0.15) is 0 Å². The van der Waals surface area contributed by atoms with Gasteiger partial charge in [0.05, 0.1) is 4.70 Å². The Kier molecular flexibility index (Phi) is 3.96. The van der Waals surface area contributed by atoms with Crippen LogP contribution < -0.4 is 10.2 Å². The number of carbonyl (C=O) groups excluding carboxylic acids is 1. The number of anilines is 2. The lowest BCUT2D eigenvalue weighted by Gasteiger charge is -2.12. The van der Waals surface area contributed by atoms with Crippen molar-refractivity contribution in [3.05, 3.63) is 53.6 Å². The number of benzene rings is 2. The fourth-order valence-corrected chi connectivity index (χ4v) is 2.99. The van der Waals surface area contributed by atoms with E-state index in [1.54, 1.807) is 12.1 Å². The lowest BCUT2D eigenvalue weighted by atomic mass is 10.2. The van der Waals surface area contributed by atoms with Gasteiger partial charge < -0.3 is 4.90 Å². The van der Waals surface area contributed by atoms with E-state index in [4.69, 9.17) is 0 Å². The zero-order chi connectivity index (χ0) is 16.6. The second-order valence-corrected chi connectivity index (χ2v) is 6.18. The molecule has 0 atom stereocenters. The Morgan fingerprint density at radius 2 is 1.87 bits per heavy atom. The molecule has 0 aliphatic carbocycles. The van der Waals surface area contributed by atoms with Crippen molar-refractivity contribution in [2.45, 2.75) is 0 Å². The van der Waals surface area contributed by atoms with Crippen LogP contribution in [-0.2, 0) is 0 Å². The highest BCUT2D eigenvalue weighted by Gasteiger charge is 2.13. The summed E-state index contributed by atoms with van der Waals surface area (Å²) in [5, 5.41) is 2.84. The Balaban J connectivity index is 1.83. The Morgan fingerprint density at radius 1 is 1.17 bits per heavy atom. The van der Waals surface area contributed by atoms with Gasteiger partial charge in [0.1, 0.15) is 11.3 Å². The van der Waals surface area contributed by atoms with Gasteiger partial charge in [0.2, 0.25) is 0 Å². The summed E-state index contributed by atoms with van der Waals surface area (Å²) in [6, 6.07) is 8.99. The minimum atomic E-state index is -0.743. The highest BCUT2D eigenvalue weighted by molar-refractivity contribution is 7.22. The number of fused-ring (bicyclic) bond motifs is 1. The summed E-state index contributed by atoms with van der Waals surface area (Å²) in [6.45, 7) is 0. The van der Waals surface area contributed by atoms with E-state index < -0.39 is 11.6 Å². The number of hydrogen-bond acceptors (Lipinski definition) is 4. The normalized spacial score (nSPS) is 10.8. The fourth-order valence-electron chi connectivity index (χ4n) is 2.09. The van der Waals surface area contributed by atoms with Gasteiger partial charge in [0.15, 0.2) is 10.9 Å². The molecular weight excluding hydrogens is 320 g/mol. The minimum absolute atomic E-state index is 0.0506. The third kappa shape index (κ3) is 3.14. The van der Waals surface area contributed by atoms with Gasteiger partial charge in [-0.15, -0.1) is 0 Å². The number of amides is 1. The van der Waals surface area contributed by atoms with Crippen LogP contribution in [-0.4, -0.2) is 25.0 Å². The number of nitrogens with zero attached hydrogens (tertiary/aromatic N) is 2. The monoisotopic (exact) mass is 333 g/mol. The standard InChI is InChI=1S/C16H13F2N3OS/c1-21(2)11-5-3-9(4-6-11)15(22)20-16-19-14-12(18)7-10(17)8-13(14)23-16/h3-8H,1-2H3,(H,19,20,22). The Labute approximate surface area is 135 Å². The van der Waals surface area contributed by atoms with Gasteiger partial charge in [-0.05, 0) is 30.3 Å². The van der Waals surface area contributed by atoms with Crippen molar-refractivity contribution in [3.63, 3.8) is 0 Å². The predicted octanol–water partition coefficient (Wildman–Crippen LogP) is 3.89. The van der Waals surface area contributed by atoms with Gasteiger partial charge in [-0.3, -0.25) is 10.1 Å². The molecule has 118 valence electrons. The average Bonchev–Trinajstić information content (AvgIpc) is 2.90. The molecular formula is C16H13F2N3OS. The summed E-state index contributed by atoms with van der Waals surface area (Å²) in [7, 11) is 3.81. The molecule has 23 heavy (non-hydrogen) atoms. The van der Waals surface area contributed by atoms with Crippen molar-refractivity contribution < 1.29 is 13.6 Å². The maximum atomic E-state index is 13.6. The molecule has 4 nitrogen and oxygen atoms in total. The van der Waals surface area contributed by atoms with Crippen molar-refractivity contribution in [3.8, 4) is 0 Å². The van der Waals surface area contributed by atoms with Crippen molar-refractivity contribution in [1.82, 2.24) is 4.98 Å². The molecule has 1 amide bonds. The van der Waals surface area contributed by atoms with E-state index >= 15 is 0 Å². The molecule has 7 heteroatoms. The summed E-state index contributed by atoms with van der Waals surface area (Å²) < 4.78 is 27.2. The first kappa shape index (κ1) is 15.4. The number of aromatic nitrogens is 1. The number of rotatable bonds is 3. The first-order valence-corrected chi connectivity index (χ1v) is 7.60. The van der Waals surface area contributed by atoms with E-state index in [-0.39, 0.29) is 16.6 Å². The van der Waals surface area contributed by atoms with E-state index in [9.17, 15) is 13.6 Å². The Bertz CT molecular complexity index is 875. The van der Waals surface area contributed by atoms with E-state index in [0.29, 0.717) is 10.3 Å². The topological polar surface area (TPSA) is 45.2 Å². The molecule has 2 aromatic carbocycles. The third-order valence-electron chi connectivity index (χ3n) is 3.28. The number of halogens is 2. The highest BCUT2D eigenvalue weighted by Crippen LogP contribution is 2.29. The molecule has 0 radical (unpaired) electrons. The zero-order valence-corrected chi connectivity index (χ0v) is 13.2. The fraction of sp³-hybridized carbons (Fsp3) is 0.125.